The maximum Gasteiger partial charge on any atom is 0.223 e. The topological polar surface area (TPSA) is 35.0 Å². The minimum Gasteiger partial charge on any atom is -0.439 e. The molecule has 0 atom stereocenters. The largest absolute Gasteiger partial charge is 0.439 e. The summed E-state index contributed by atoms with van der Waals surface area (Å²) < 4.78 is 5.65. The van der Waals surface area contributed by atoms with Gasteiger partial charge in [0.05, 0.1) is 0 Å². The van der Waals surface area contributed by atoms with Crippen molar-refractivity contribution in [3.63, 3.8) is 0 Å². The zero-order chi connectivity index (χ0) is 11.4. The Morgan fingerprint density at radius 1 is 1.25 bits per heavy atom. The van der Waals surface area contributed by atoms with E-state index in [1.165, 1.54) is 6.33 Å². The van der Waals surface area contributed by atoms with Crippen LogP contribution >= 0.6 is 11.6 Å². The van der Waals surface area contributed by atoms with Crippen molar-refractivity contribution in [3.8, 4) is 11.6 Å². The van der Waals surface area contributed by atoms with Crippen LogP contribution in [0.2, 0.25) is 5.15 Å². The summed E-state index contributed by atoms with van der Waals surface area (Å²) in [5, 5.41) is 0.374. The zero-order valence-corrected chi connectivity index (χ0v) is 9.61. The van der Waals surface area contributed by atoms with Gasteiger partial charge in [-0.2, -0.15) is 0 Å². The Kier molecular flexibility index (Phi) is 3.37. The van der Waals surface area contributed by atoms with Gasteiger partial charge in [0.15, 0.2) is 0 Å². The Bertz CT molecular complexity index is 488. The van der Waals surface area contributed by atoms with E-state index in [0.717, 1.165) is 17.7 Å². The molecule has 0 aliphatic carbocycles. The van der Waals surface area contributed by atoms with E-state index >= 15 is 0 Å². The molecule has 0 saturated heterocycles. The predicted molar refractivity (Wildman–Crippen MR) is 62.9 cm³/mol. The molecular formula is C12H11ClN2O. The molecular weight excluding hydrogens is 224 g/mol. The summed E-state index contributed by atoms with van der Waals surface area (Å²) in [5.74, 6) is 1.26. The third-order valence-electron chi connectivity index (χ3n) is 2.18. The number of hydrogen-bond donors (Lipinski definition) is 0. The molecule has 82 valence electrons. The molecule has 1 aromatic carbocycles. The average Bonchev–Trinajstić information content (AvgIpc) is 2.30. The van der Waals surface area contributed by atoms with E-state index in [2.05, 4.69) is 16.9 Å². The van der Waals surface area contributed by atoms with Crippen molar-refractivity contribution < 1.29 is 4.74 Å². The maximum atomic E-state index is 5.75. The van der Waals surface area contributed by atoms with Gasteiger partial charge < -0.3 is 4.74 Å². The van der Waals surface area contributed by atoms with Gasteiger partial charge in [0, 0.05) is 6.07 Å². The van der Waals surface area contributed by atoms with E-state index in [1.54, 1.807) is 6.07 Å². The highest BCUT2D eigenvalue weighted by atomic mass is 35.5. The van der Waals surface area contributed by atoms with Crippen molar-refractivity contribution in [2.45, 2.75) is 13.3 Å². The van der Waals surface area contributed by atoms with Crippen molar-refractivity contribution in [2.75, 3.05) is 0 Å². The Morgan fingerprint density at radius 2 is 2.06 bits per heavy atom. The van der Waals surface area contributed by atoms with Crippen LogP contribution in [0.5, 0.6) is 11.6 Å². The predicted octanol–water partition coefficient (Wildman–Crippen LogP) is 3.48. The fraction of sp³-hybridized carbons (Fsp3) is 0.167. The molecule has 4 heteroatoms. The third-order valence-corrected chi connectivity index (χ3v) is 2.38. The number of ether oxygens (including phenoxy) is 1. The molecule has 2 aromatic rings. The van der Waals surface area contributed by atoms with Crippen LogP contribution in [-0.4, -0.2) is 9.97 Å². The van der Waals surface area contributed by atoms with Crippen LogP contribution in [0.25, 0.3) is 0 Å². The van der Waals surface area contributed by atoms with E-state index < -0.39 is 0 Å². The lowest BCUT2D eigenvalue weighted by molar-refractivity contribution is 0.456. The molecule has 0 bridgehead atoms. The van der Waals surface area contributed by atoms with Gasteiger partial charge in [-0.05, 0) is 18.1 Å². The lowest BCUT2D eigenvalue weighted by Gasteiger charge is -2.08. The summed E-state index contributed by atoms with van der Waals surface area (Å²) >= 11 is 5.75. The minimum atomic E-state index is 0.374. The van der Waals surface area contributed by atoms with Crippen LogP contribution in [-0.2, 0) is 6.42 Å². The van der Waals surface area contributed by atoms with Gasteiger partial charge in [-0.3, -0.25) is 0 Å². The lowest BCUT2D eigenvalue weighted by Crippen LogP contribution is -1.92. The molecule has 0 N–H and O–H groups in total. The Labute approximate surface area is 99.1 Å². The summed E-state index contributed by atoms with van der Waals surface area (Å²) in [6.45, 7) is 2.08. The van der Waals surface area contributed by atoms with Gasteiger partial charge in [-0.25, -0.2) is 9.97 Å². The Balaban J connectivity index is 2.26. The van der Waals surface area contributed by atoms with E-state index in [-0.39, 0.29) is 0 Å². The van der Waals surface area contributed by atoms with Crippen LogP contribution in [0.1, 0.15) is 12.5 Å². The first-order chi connectivity index (χ1) is 7.79. The second-order valence-corrected chi connectivity index (χ2v) is 3.63. The molecule has 0 unspecified atom stereocenters. The summed E-state index contributed by atoms with van der Waals surface area (Å²) in [6, 6.07) is 9.44. The van der Waals surface area contributed by atoms with Gasteiger partial charge in [0.1, 0.15) is 17.2 Å². The van der Waals surface area contributed by atoms with Gasteiger partial charge in [-0.1, -0.05) is 36.7 Å². The summed E-state index contributed by atoms with van der Waals surface area (Å²) in [7, 11) is 0. The number of aromatic nitrogens is 2. The van der Waals surface area contributed by atoms with Gasteiger partial charge in [0.2, 0.25) is 5.88 Å². The number of halogens is 1. The summed E-state index contributed by atoms with van der Waals surface area (Å²) in [6.07, 6.45) is 2.29. The SMILES string of the molecule is CCc1ccccc1Oc1cc(Cl)ncn1. The number of para-hydroxylation sites is 1. The number of rotatable bonds is 3. The molecule has 3 nitrogen and oxygen atoms in total. The maximum absolute atomic E-state index is 5.75. The second-order valence-electron chi connectivity index (χ2n) is 3.24. The summed E-state index contributed by atoms with van der Waals surface area (Å²) in [5.41, 5.74) is 1.14. The number of nitrogens with zero attached hydrogens (tertiary/aromatic N) is 2. The molecule has 0 fully saturated rings. The van der Waals surface area contributed by atoms with Crippen LogP contribution in [0.15, 0.2) is 36.7 Å². The summed E-state index contributed by atoms with van der Waals surface area (Å²) in [4.78, 5) is 7.79. The van der Waals surface area contributed by atoms with Crippen LogP contribution in [0.4, 0.5) is 0 Å². The third kappa shape index (κ3) is 2.49. The van der Waals surface area contributed by atoms with Crippen molar-refractivity contribution >= 4 is 11.6 Å². The van der Waals surface area contributed by atoms with Crippen molar-refractivity contribution in [1.29, 1.82) is 0 Å². The highest BCUT2D eigenvalue weighted by Gasteiger charge is 2.03. The number of benzene rings is 1. The monoisotopic (exact) mass is 234 g/mol. The number of hydrogen-bond acceptors (Lipinski definition) is 3. The second kappa shape index (κ2) is 4.94. The molecule has 0 saturated carbocycles. The molecule has 0 spiro atoms. The highest BCUT2D eigenvalue weighted by Crippen LogP contribution is 2.24. The van der Waals surface area contributed by atoms with E-state index in [0.29, 0.717) is 11.0 Å². The molecule has 2 rings (SSSR count). The lowest BCUT2D eigenvalue weighted by atomic mass is 10.1. The first kappa shape index (κ1) is 10.9. The molecule has 0 aliphatic rings. The number of aryl methyl sites for hydroxylation is 1. The molecule has 1 aromatic heterocycles. The van der Waals surface area contributed by atoms with Crippen molar-refractivity contribution in [3.05, 3.63) is 47.4 Å². The van der Waals surface area contributed by atoms with Crippen molar-refractivity contribution in [1.82, 2.24) is 9.97 Å². The Hall–Kier alpha value is -1.61. The smallest absolute Gasteiger partial charge is 0.223 e. The van der Waals surface area contributed by atoms with Crippen LogP contribution in [0.3, 0.4) is 0 Å². The first-order valence-corrected chi connectivity index (χ1v) is 5.40. The van der Waals surface area contributed by atoms with Crippen molar-refractivity contribution in [2.24, 2.45) is 0 Å². The quantitative estimate of drug-likeness (QED) is 0.763. The molecule has 1 heterocycles. The molecule has 0 aliphatic heterocycles. The van der Waals surface area contributed by atoms with Crippen LogP contribution in [0, 0.1) is 0 Å². The van der Waals surface area contributed by atoms with Gasteiger partial charge in [0.25, 0.3) is 0 Å². The standard InChI is InChI=1S/C12H11ClN2O/c1-2-9-5-3-4-6-10(9)16-12-7-11(13)14-8-15-12/h3-8H,2H2,1H3. The Morgan fingerprint density at radius 3 is 2.81 bits per heavy atom. The molecule has 0 amide bonds. The highest BCUT2D eigenvalue weighted by molar-refractivity contribution is 6.29. The fourth-order valence-electron chi connectivity index (χ4n) is 1.38. The zero-order valence-electron chi connectivity index (χ0n) is 8.85. The minimum absolute atomic E-state index is 0.374. The van der Waals surface area contributed by atoms with Gasteiger partial charge >= 0.3 is 0 Å². The first-order valence-electron chi connectivity index (χ1n) is 5.03. The normalized spacial score (nSPS) is 10.1. The fourth-order valence-corrected chi connectivity index (χ4v) is 1.52. The van der Waals surface area contributed by atoms with Gasteiger partial charge in [-0.15, -0.1) is 0 Å². The van der Waals surface area contributed by atoms with E-state index in [1.807, 2.05) is 24.3 Å². The molecule has 16 heavy (non-hydrogen) atoms. The van der Waals surface area contributed by atoms with Crippen LogP contribution < -0.4 is 4.74 Å². The van der Waals surface area contributed by atoms with E-state index in [4.69, 9.17) is 16.3 Å². The van der Waals surface area contributed by atoms with E-state index in [9.17, 15) is 0 Å². The average molecular weight is 235 g/mol. The molecule has 0 radical (unpaired) electrons.